The number of hydrogen-bond donors (Lipinski definition) is 1. The topological polar surface area (TPSA) is 70.5 Å². The number of carbonyl (C=O) groups is 2. The van der Waals surface area contributed by atoms with Crippen molar-refractivity contribution in [3.8, 4) is 0 Å². The van der Waals surface area contributed by atoms with Crippen molar-refractivity contribution >= 4 is 23.2 Å². The molecule has 1 N–H and O–H groups in total. The van der Waals surface area contributed by atoms with Gasteiger partial charge >= 0.3 is 0 Å². The first kappa shape index (κ1) is 26.9. The van der Waals surface area contributed by atoms with E-state index in [-0.39, 0.29) is 28.9 Å². The summed E-state index contributed by atoms with van der Waals surface area (Å²) < 4.78 is 16.5. The molecule has 1 aliphatic carbocycles. The molecular formula is C30H42FN5O2S. The number of aromatic nitrogens is 2. The van der Waals surface area contributed by atoms with E-state index >= 15 is 0 Å². The molecule has 5 heterocycles. The van der Waals surface area contributed by atoms with Gasteiger partial charge < -0.3 is 14.8 Å². The van der Waals surface area contributed by atoms with Crippen LogP contribution in [-0.4, -0.2) is 56.3 Å². The maximum Gasteiger partial charge on any atom is 0.223 e. The van der Waals surface area contributed by atoms with Crippen LogP contribution in [0.5, 0.6) is 0 Å². The summed E-state index contributed by atoms with van der Waals surface area (Å²) in [5.41, 5.74) is 2.40. The molecule has 6 rings (SSSR count). The third-order valence-electron chi connectivity index (χ3n) is 9.80. The van der Waals surface area contributed by atoms with E-state index in [2.05, 4.69) is 21.7 Å². The number of carbonyl (C=O) groups excluding carboxylic acids is 2. The van der Waals surface area contributed by atoms with Crippen LogP contribution in [-0.2, 0) is 22.6 Å². The molecule has 2 bridgehead atoms. The molecular weight excluding hydrogens is 513 g/mol. The molecule has 39 heavy (non-hydrogen) atoms. The van der Waals surface area contributed by atoms with Crippen molar-refractivity contribution in [1.29, 1.82) is 0 Å². The SMILES string of the molecule is CC(=O)N1CCc2c(nc(C)n2C2C[C@H]3CC[C@@H](C2)N3CC[C@H](NC(=O)C2CCCCC2)c2ccc(F)s2)C1. The van der Waals surface area contributed by atoms with Gasteiger partial charge in [-0.2, -0.15) is 4.39 Å². The van der Waals surface area contributed by atoms with Crippen molar-refractivity contribution in [1.82, 2.24) is 24.7 Å². The molecule has 4 atom stereocenters. The number of nitrogens with zero attached hydrogens (tertiary/aromatic N) is 4. The molecule has 3 aliphatic heterocycles. The van der Waals surface area contributed by atoms with Crippen molar-refractivity contribution < 1.29 is 14.0 Å². The summed E-state index contributed by atoms with van der Waals surface area (Å²) in [5.74, 6) is 1.45. The molecule has 3 fully saturated rings. The lowest BCUT2D eigenvalue weighted by Crippen LogP contribution is -2.45. The fourth-order valence-electron chi connectivity index (χ4n) is 7.85. The summed E-state index contributed by atoms with van der Waals surface area (Å²) in [6.07, 6.45) is 11.8. The fourth-order valence-corrected chi connectivity index (χ4v) is 8.66. The van der Waals surface area contributed by atoms with Crippen LogP contribution >= 0.6 is 11.3 Å². The summed E-state index contributed by atoms with van der Waals surface area (Å²) in [4.78, 5) is 35.4. The molecule has 1 saturated carbocycles. The van der Waals surface area contributed by atoms with E-state index in [1.807, 2.05) is 11.0 Å². The monoisotopic (exact) mass is 555 g/mol. The van der Waals surface area contributed by atoms with Gasteiger partial charge in [-0.05, 0) is 64.0 Å². The number of thiophene rings is 1. The average Bonchev–Trinajstić information content (AvgIpc) is 3.58. The largest absolute Gasteiger partial charge is 0.348 e. The maximum absolute atomic E-state index is 14.0. The standard InChI is InChI=1S/C30H42FN5O2S/c1-19-32-26-18-34(20(2)37)14-13-27(26)36(19)24-16-22-8-9-23(17-24)35(22)15-12-25(28-10-11-29(31)39-28)33-30(38)21-6-4-3-5-7-21/h10-11,21-25H,3-9,12-18H2,1-2H3,(H,33,38)/t22-,23+,24?,25-/m0/s1. The normalized spacial score (nSPS) is 26.4. The molecule has 2 saturated heterocycles. The molecule has 1 unspecified atom stereocenters. The Labute approximate surface area is 235 Å². The Kier molecular flexibility index (Phi) is 7.82. The predicted molar refractivity (Wildman–Crippen MR) is 150 cm³/mol. The van der Waals surface area contributed by atoms with Crippen molar-refractivity contribution in [3.63, 3.8) is 0 Å². The van der Waals surface area contributed by atoms with E-state index in [1.54, 1.807) is 6.92 Å². The van der Waals surface area contributed by atoms with Gasteiger partial charge in [0.2, 0.25) is 11.8 Å². The van der Waals surface area contributed by atoms with Gasteiger partial charge in [-0.3, -0.25) is 14.5 Å². The molecule has 0 radical (unpaired) electrons. The number of halogens is 1. The predicted octanol–water partition coefficient (Wildman–Crippen LogP) is 5.29. The third kappa shape index (κ3) is 5.53. The zero-order valence-corrected chi connectivity index (χ0v) is 24.1. The summed E-state index contributed by atoms with van der Waals surface area (Å²) in [7, 11) is 0. The second kappa shape index (κ2) is 11.3. The first-order valence-electron chi connectivity index (χ1n) is 15.0. The zero-order valence-electron chi connectivity index (χ0n) is 23.3. The van der Waals surface area contributed by atoms with Crippen molar-refractivity contribution in [3.05, 3.63) is 39.4 Å². The Balaban J connectivity index is 1.12. The fraction of sp³-hybridized carbons (Fsp3) is 0.700. The Morgan fingerprint density at radius 1 is 1.10 bits per heavy atom. The van der Waals surface area contributed by atoms with Gasteiger partial charge in [0.25, 0.3) is 0 Å². The summed E-state index contributed by atoms with van der Waals surface area (Å²) in [6, 6.07) is 4.76. The van der Waals surface area contributed by atoms with E-state index in [0.29, 0.717) is 24.7 Å². The highest BCUT2D eigenvalue weighted by Gasteiger charge is 2.42. The summed E-state index contributed by atoms with van der Waals surface area (Å²) in [5, 5.41) is 3.14. The van der Waals surface area contributed by atoms with Gasteiger partial charge in [-0.25, -0.2) is 4.98 Å². The number of piperidine rings is 1. The number of hydrogen-bond acceptors (Lipinski definition) is 5. The van der Waals surface area contributed by atoms with E-state index in [9.17, 15) is 14.0 Å². The Morgan fingerprint density at radius 2 is 1.85 bits per heavy atom. The molecule has 0 spiro atoms. The molecule has 212 valence electrons. The number of rotatable bonds is 7. The first-order chi connectivity index (χ1) is 18.9. The van der Waals surface area contributed by atoms with Gasteiger partial charge in [-0.15, -0.1) is 11.3 Å². The second-order valence-corrected chi connectivity index (χ2v) is 13.3. The lowest BCUT2D eigenvalue weighted by atomic mass is 9.88. The highest BCUT2D eigenvalue weighted by atomic mass is 32.1. The van der Waals surface area contributed by atoms with Gasteiger partial charge in [0.15, 0.2) is 5.13 Å². The molecule has 4 aliphatic rings. The van der Waals surface area contributed by atoms with Gasteiger partial charge in [0, 0.05) is 61.0 Å². The third-order valence-corrected chi connectivity index (χ3v) is 10.8. The zero-order chi connectivity index (χ0) is 27.1. The average molecular weight is 556 g/mol. The minimum absolute atomic E-state index is 0.102. The van der Waals surface area contributed by atoms with E-state index < -0.39 is 0 Å². The van der Waals surface area contributed by atoms with Crippen LogP contribution in [0.3, 0.4) is 0 Å². The van der Waals surface area contributed by atoms with Crippen molar-refractivity contribution in [2.24, 2.45) is 5.92 Å². The van der Waals surface area contributed by atoms with Crippen LogP contribution in [0.2, 0.25) is 0 Å². The quantitative estimate of drug-likeness (QED) is 0.504. The summed E-state index contributed by atoms with van der Waals surface area (Å²) >= 11 is 1.17. The van der Waals surface area contributed by atoms with Crippen LogP contribution in [0.15, 0.2) is 12.1 Å². The highest BCUT2D eigenvalue weighted by Crippen LogP contribution is 2.43. The van der Waals surface area contributed by atoms with Gasteiger partial charge in [0.05, 0.1) is 18.3 Å². The Hall–Kier alpha value is -2.26. The molecule has 9 heteroatoms. The van der Waals surface area contributed by atoms with E-state index in [1.165, 1.54) is 42.4 Å². The number of fused-ring (bicyclic) bond motifs is 3. The number of amides is 2. The highest BCUT2D eigenvalue weighted by molar-refractivity contribution is 7.10. The molecule has 2 aromatic heterocycles. The minimum atomic E-state index is -0.187. The Morgan fingerprint density at radius 3 is 2.51 bits per heavy atom. The smallest absolute Gasteiger partial charge is 0.223 e. The van der Waals surface area contributed by atoms with Crippen LogP contribution in [0, 0.1) is 18.0 Å². The van der Waals surface area contributed by atoms with Crippen LogP contribution in [0.4, 0.5) is 4.39 Å². The number of imidazole rings is 1. The number of nitrogens with one attached hydrogen (secondary N) is 1. The Bertz CT molecular complexity index is 1190. The molecule has 2 amide bonds. The van der Waals surface area contributed by atoms with Crippen molar-refractivity contribution in [2.45, 2.75) is 115 Å². The lowest BCUT2D eigenvalue weighted by molar-refractivity contribution is -0.130. The van der Waals surface area contributed by atoms with Crippen LogP contribution < -0.4 is 5.32 Å². The van der Waals surface area contributed by atoms with Crippen LogP contribution in [0.25, 0.3) is 0 Å². The first-order valence-corrected chi connectivity index (χ1v) is 15.8. The van der Waals surface area contributed by atoms with Gasteiger partial charge in [0.1, 0.15) is 5.82 Å². The van der Waals surface area contributed by atoms with E-state index in [0.717, 1.165) is 80.9 Å². The van der Waals surface area contributed by atoms with Crippen molar-refractivity contribution in [2.75, 3.05) is 13.1 Å². The van der Waals surface area contributed by atoms with Crippen LogP contribution in [0.1, 0.15) is 105 Å². The molecule has 2 aromatic rings. The molecule has 7 nitrogen and oxygen atoms in total. The second-order valence-electron chi connectivity index (χ2n) is 12.2. The lowest BCUT2D eigenvalue weighted by Gasteiger charge is -2.41. The maximum atomic E-state index is 14.0. The molecule has 0 aromatic carbocycles. The minimum Gasteiger partial charge on any atom is -0.348 e. The summed E-state index contributed by atoms with van der Waals surface area (Å²) in [6.45, 7) is 6.08. The van der Waals surface area contributed by atoms with E-state index in [4.69, 9.17) is 4.98 Å². The number of aryl methyl sites for hydroxylation is 1. The van der Waals surface area contributed by atoms with Gasteiger partial charge in [-0.1, -0.05) is 19.3 Å².